The number of hydrogen-bond acceptors (Lipinski definition) is 1. The van der Waals surface area contributed by atoms with Gasteiger partial charge in [0.05, 0.1) is 18.3 Å². The van der Waals surface area contributed by atoms with E-state index in [0.29, 0.717) is 12.0 Å². The average molecular weight is 267 g/mol. The monoisotopic (exact) mass is 267 g/mol. The van der Waals surface area contributed by atoms with Gasteiger partial charge in [-0.1, -0.05) is 36.4 Å². The first-order valence-corrected chi connectivity index (χ1v) is 6.94. The van der Waals surface area contributed by atoms with E-state index in [4.69, 9.17) is 5.26 Å². The fourth-order valence-electron chi connectivity index (χ4n) is 2.18. The first-order valence-electron chi connectivity index (χ1n) is 6.94. The predicted molar refractivity (Wildman–Crippen MR) is 79.3 cm³/mol. The number of benzene rings is 2. The Morgan fingerprint density at radius 3 is 1.65 bits per heavy atom. The number of nitrogens with zero attached hydrogens (tertiary/aromatic N) is 1. The summed E-state index contributed by atoms with van der Waals surface area (Å²) in [6, 6.07) is 18.3. The maximum Gasteiger partial charge on any atom is 0.0991 e. The number of nitriles is 1. The van der Waals surface area contributed by atoms with Gasteiger partial charge in [0, 0.05) is 0 Å². The Bertz CT molecular complexity index is 564. The Balaban J connectivity index is 1.88. The first-order chi connectivity index (χ1) is 9.81. The molecule has 0 spiro atoms. The third kappa shape index (κ3) is 4.20. The van der Waals surface area contributed by atoms with E-state index in [1.165, 1.54) is 16.7 Å². The number of alkyl halides is 1. The molecular formula is C18H18FN. The van der Waals surface area contributed by atoms with Gasteiger partial charge in [0.2, 0.25) is 0 Å². The fraction of sp³-hybridized carbons (Fsp3) is 0.278. The van der Waals surface area contributed by atoms with Crippen LogP contribution in [0.2, 0.25) is 0 Å². The Labute approximate surface area is 119 Å². The second-order valence-corrected chi connectivity index (χ2v) is 4.92. The molecule has 2 aromatic rings. The summed E-state index contributed by atoms with van der Waals surface area (Å²) in [6.07, 6.45) is 3.36. The number of aryl methyl sites for hydroxylation is 3. The summed E-state index contributed by atoms with van der Waals surface area (Å²) in [5, 5.41) is 8.75. The summed E-state index contributed by atoms with van der Waals surface area (Å²) in [6.45, 7) is -0.250. The number of halogens is 1. The molecule has 0 radical (unpaired) electrons. The zero-order chi connectivity index (χ0) is 14.2. The lowest BCUT2D eigenvalue weighted by atomic mass is 10.0. The Hall–Kier alpha value is -2.14. The van der Waals surface area contributed by atoms with Crippen LogP contribution in [0.25, 0.3) is 0 Å². The zero-order valence-corrected chi connectivity index (χ0v) is 11.5. The van der Waals surface area contributed by atoms with Gasteiger partial charge in [0.1, 0.15) is 0 Å². The lowest BCUT2D eigenvalue weighted by molar-refractivity contribution is 0.473. The van der Waals surface area contributed by atoms with Crippen molar-refractivity contribution >= 4 is 0 Å². The fourth-order valence-corrected chi connectivity index (χ4v) is 2.18. The Morgan fingerprint density at radius 1 is 0.750 bits per heavy atom. The first kappa shape index (κ1) is 14.3. The number of rotatable bonds is 6. The highest BCUT2D eigenvalue weighted by atomic mass is 19.1. The van der Waals surface area contributed by atoms with Crippen molar-refractivity contribution in [2.75, 3.05) is 6.67 Å². The molecule has 0 bridgehead atoms. The highest BCUT2D eigenvalue weighted by Crippen LogP contribution is 2.11. The van der Waals surface area contributed by atoms with Crippen LogP contribution in [0.1, 0.15) is 28.7 Å². The molecule has 0 aliphatic heterocycles. The van der Waals surface area contributed by atoms with Crippen molar-refractivity contribution < 1.29 is 4.39 Å². The van der Waals surface area contributed by atoms with Gasteiger partial charge in [-0.05, 0) is 54.5 Å². The van der Waals surface area contributed by atoms with Crippen LogP contribution in [0.15, 0.2) is 48.5 Å². The van der Waals surface area contributed by atoms with E-state index in [1.807, 2.05) is 24.3 Å². The quantitative estimate of drug-likeness (QED) is 0.767. The summed E-state index contributed by atoms with van der Waals surface area (Å²) < 4.78 is 12.1. The molecule has 0 heterocycles. The number of hydrogen-bond donors (Lipinski definition) is 0. The Kier molecular flexibility index (Phi) is 5.32. The summed E-state index contributed by atoms with van der Waals surface area (Å²) in [4.78, 5) is 0. The van der Waals surface area contributed by atoms with Crippen LogP contribution in [-0.4, -0.2) is 6.67 Å². The molecule has 0 saturated carbocycles. The minimum atomic E-state index is -0.250. The summed E-state index contributed by atoms with van der Waals surface area (Å²) >= 11 is 0. The zero-order valence-electron chi connectivity index (χ0n) is 11.5. The van der Waals surface area contributed by atoms with E-state index in [-0.39, 0.29) is 6.67 Å². The molecule has 0 aliphatic carbocycles. The van der Waals surface area contributed by atoms with Crippen LogP contribution in [0.3, 0.4) is 0 Å². The molecule has 2 aromatic carbocycles. The predicted octanol–water partition coefficient (Wildman–Crippen LogP) is 4.25. The standard InChI is InChI=1S/C18H18FN/c19-13-1-2-15-3-5-16(6-4-15)7-8-17-9-11-18(14-20)12-10-17/h3-6,9-12H,1-2,7-8,13H2. The van der Waals surface area contributed by atoms with Crippen molar-refractivity contribution in [2.45, 2.75) is 25.7 Å². The van der Waals surface area contributed by atoms with Gasteiger partial charge in [-0.3, -0.25) is 4.39 Å². The van der Waals surface area contributed by atoms with Gasteiger partial charge in [-0.15, -0.1) is 0 Å². The summed E-state index contributed by atoms with van der Waals surface area (Å²) in [7, 11) is 0. The van der Waals surface area contributed by atoms with Crippen molar-refractivity contribution in [3.63, 3.8) is 0 Å². The molecule has 0 unspecified atom stereocenters. The van der Waals surface area contributed by atoms with E-state index in [9.17, 15) is 4.39 Å². The third-order valence-corrected chi connectivity index (χ3v) is 3.41. The maximum atomic E-state index is 12.1. The molecule has 1 nitrogen and oxygen atoms in total. The van der Waals surface area contributed by atoms with E-state index in [1.54, 1.807) is 0 Å². The highest BCUT2D eigenvalue weighted by Gasteiger charge is 1.98. The van der Waals surface area contributed by atoms with Gasteiger partial charge in [0.25, 0.3) is 0 Å². The molecular weight excluding hydrogens is 249 g/mol. The summed E-state index contributed by atoms with van der Waals surface area (Å²) in [5.74, 6) is 0. The molecule has 2 rings (SSSR count). The van der Waals surface area contributed by atoms with E-state index in [2.05, 4.69) is 30.3 Å². The van der Waals surface area contributed by atoms with Crippen LogP contribution in [0.5, 0.6) is 0 Å². The van der Waals surface area contributed by atoms with Gasteiger partial charge >= 0.3 is 0 Å². The molecule has 0 amide bonds. The molecule has 2 heteroatoms. The molecule has 0 N–H and O–H groups in total. The second kappa shape index (κ2) is 7.45. The minimum Gasteiger partial charge on any atom is -0.251 e. The van der Waals surface area contributed by atoms with Gasteiger partial charge in [0.15, 0.2) is 0 Å². The van der Waals surface area contributed by atoms with Gasteiger partial charge in [-0.25, -0.2) is 0 Å². The van der Waals surface area contributed by atoms with Crippen molar-refractivity contribution in [1.29, 1.82) is 5.26 Å². The van der Waals surface area contributed by atoms with Crippen molar-refractivity contribution in [3.8, 4) is 6.07 Å². The van der Waals surface area contributed by atoms with Crippen molar-refractivity contribution in [2.24, 2.45) is 0 Å². The lowest BCUT2D eigenvalue weighted by Crippen LogP contribution is -1.93. The van der Waals surface area contributed by atoms with Crippen LogP contribution < -0.4 is 0 Å². The molecule has 0 aliphatic rings. The normalized spacial score (nSPS) is 10.2. The molecule has 102 valence electrons. The van der Waals surface area contributed by atoms with Crippen LogP contribution in [-0.2, 0) is 19.3 Å². The highest BCUT2D eigenvalue weighted by molar-refractivity contribution is 5.32. The molecule has 0 saturated heterocycles. The molecule has 20 heavy (non-hydrogen) atoms. The molecule has 0 aromatic heterocycles. The lowest BCUT2D eigenvalue weighted by Gasteiger charge is -2.04. The van der Waals surface area contributed by atoms with Crippen LogP contribution >= 0.6 is 0 Å². The van der Waals surface area contributed by atoms with Crippen LogP contribution in [0, 0.1) is 11.3 Å². The van der Waals surface area contributed by atoms with E-state index < -0.39 is 0 Å². The average Bonchev–Trinajstić information content (AvgIpc) is 2.52. The van der Waals surface area contributed by atoms with Crippen LogP contribution in [0.4, 0.5) is 4.39 Å². The van der Waals surface area contributed by atoms with E-state index >= 15 is 0 Å². The molecule has 0 fully saturated rings. The Morgan fingerprint density at radius 2 is 1.20 bits per heavy atom. The van der Waals surface area contributed by atoms with Gasteiger partial charge < -0.3 is 0 Å². The smallest absolute Gasteiger partial charge is 0.0991 e. The summed E-state index contributed by atoms with van der Waals surface area (Å²) in [5.41, 5.74) is 4.43. The minimum absolute atomic E-state index is 0.250. The van der Waals surface area contributed by atoms with E-state index in [0.717, 1.165) is 19.3 Å². The maximum absolute atomic E-state index is 12.1. The third-order valence-electron chi connectivity index (χ3n) is 3.41. The second-order valence-electron chi connectivity index (χ2n) is 4.92. The van der Waals surface area contributed by atoms with Crippen molar-refractivity contribution in [1.82, 2.24) is 0 Å². The largest absolute Gasteiger partial charge is 0.251 e. The van der Waals surface area contributed by atoms with Crippen molar-refractivity contribution in [3.05, 3.63) is 70.8 Å². The topological polar surface area (TPSA) is 23.8 Å². The molecule has 0 atom stereocenters. The van der Waals surface area contributed by atoms with Gasteiger partial charge in [-0.2, -0.15) is 5.26 Å². The SMILES string of the molecule is N#Cc1ccc(CCc2ccc(CCCF)cc2)cc1.